The van der Waals surface area contributed by atoms with Crippen molar-refractivity contribution < 1.29 is 28.5 Å². The van der Waals surface area contributed by atoms with Gasteiger partial charge in [-0.25, -0.2) is 0 Å². The van der Waals surface area contributed by atoms with Crippen LogP contribution in [-0.4, -0.2) is 63.3 Å². The fourth-order valence-corrected chi connectivity index (χ4v) is 3.09. The molecule has 1 aromatic carbocycles. The molecule has 0 unspecified atom stereocenters. The average Bonchev–Trinajstić information content (AvgIpc) is 3.06. The highest BCUT2D eigenvalue weighted by molar-refractivity contribution is 6.35. The topological polar surface area (TPSA) is 86.3 Å². The van der Waals surface area contributed by atoms with Crippen LogP contribution in [0.4, 0.5) is 0 Å². The molecule has 130 valence electrons. The number of hydrogen-bond acceptors (Lipinski definition) is 6. The Kier molecular flexibility index (Phi) is 4.48. The third-order valence-corrected chi connectivity index (χ3v) is 4.35. The van der Waals surface area contributed by atoms with Crippen molar-refractivity contribution >= 4 is 11.8 Å². The molecule has 1 aromatic rings. The first-order chi connectivity index (χ1) is 11.6. The van der Waals surface area contributed by atoms with E-state index in [4.69, 9.17) is 18.9 Å². The molecular formula is C16H20N2O6. The summed E-state index contributed by atoms with van der Waals surface area (Å²) >= 11 is 0. The summed E-state index contributed by atoms with van der Waals surface area (Å²) in [5, 5.41) is 2.68. The van der Waals surface area contributed by atoms with Crippen LogP contribution in [0.1, 0.15) is 5.56 Å². The smallest absolute Gasteiger partial charge is 0.312 e. The van der Waals surface area contributed by atoms with E-state index in [1.54, 1.807) is 12.1 Å². The monoisotopic (exact) mass is 336 g/mol. The number of hydrogen-bond donors (Lipinski definition) is 1. The van der Waals surface area contributed by atoms with E-state index in [1.165, 1.54) is 26.2 Å². The Morgan fingerprint density at radius 1 is 1.08 bits per heavy atom. The van der Waals surface area contributed by atoms with Gasteiger partial charge >= 0.3 is 11.8 Å². The van der Waals surface area contributed by atoms with E-state index in [0.29, 0.717) is 30.5 Å². The van der Waals surface area contributed by atoms with Crippen molar-refractivity contribution in [3.05, 3.63) is 17.7 Å². The second kappa shape index (κ2) is 6.56. The van der Waals surface area contributed by atoms with Crippen LogP contribution < -0.4 is 19.5 Å². The summed E-state index contributed by atoms with van der Waals surface area (Å²) in [7, 11) is 4.61. The average molecular weight is 336 g/mol. The normalized spacial score (nSPS) is 22.9. The van der Waals surface area contributed by atoms with Crippen molar-refractivity contribution in [3.63, 3.8) is 0 Å². The molecule has 2 atom stereocenters. The third-order valence-electron chi connectivity index (χ3n) is 4.35. The number of rotatable bonds is 5. The van der Waals surface area contributed by atoms with E-state index < -0.39 is 11.8 Å². The van der Waals surface area contributed by atoms with Crippen molar-refractivity contribution in [2.24, 2.45) is 0 Å². The standard InChI is InChI=1S/C16H20N2O6/c1-21-12-5-14(23-3)13(22-2)4-9(12)6-18-11-8-24-7-10(11)17-15(19)16(18)20/h4-5,10-11H,6-8H2,1-3H3,(H,17,19)/t10-,11+/m0/s1. The van der Waals surface area contributed by atoms with Crippen LogP contribution in [-0.2, 0) is 20.9 Å². The molecule has 24 heavy (non-hydrogen) atoms. The number of fused-ring (bicyclic) bond motifs is 1. The van der Waals surface area contributed by atoms with Crippen molar-refractivity contribution in [2.75, 3.05) is 34.5 Å². The number of piperazine rings is 1. The second-order valence-electron chi connectivity index (χ2n) is 5.64. The van der Waals surface area contributed by atoms with E-state index in [1.807, 2.05) is 0 Å². The molecule has 0 spiro atoms. The first-order valence-electron chi connectivity index (χ1n) is 7.57. The van der Waals surface area contributed by atoms with Gasteiger partial charge in [-0.3, -0.25) is 9.59 Å². The number of nitrogens with zero attached hydrogens (tertiary/aromatic N) is 1. The van der Waals surface area contributed by atoms with E-state index in [9.17, 15) is 9.59 Å². The predicted molar refractivity (Wildman–Crippen MR) is 83.2 cm³/mol. The fourth-order valence-electron chi connectivity index (χ4n) is 3.09. The second-order valence-corrected chi connectivity index (χ2v) is 5.64. The maximum absolute atomic E-state index is 12.3. The Balaban J connectivity index is 1.94. The summed E-state index contributed by atoms with van der Waals surface area (Å²) < 4.78 is 21.4. The number of amides is 2. The summed E-state index contributed by atoms with van der Waals surface area (Å²) in [6.07, 6.45) is 0. The summed E-state index contributed by atoms with van der Waals surface area (Å²) in [5.74, 6) is 0.436. The zero-order valence-electron chi connectivity index (χ0n) is 13.8. The lowest BCUT2D eigenvalue weighted by molar-refractivity contribution is -0.152. The molecule has 8 nitrogen and oxygen atoms in total. The lowest BCUT2D eigenvalue weighted by Gasteiger charge is -2.36. The molecule has 0 aromatic heterocycles. The van der Waals surface area contributed by atoms with E-state index in [-0.39, 0.29) is 18.6 Å². The Hall–Kier alpha value is -2.48. The number of ether oxygens (including phenoxy) is 4. The number of benzene rings is 1. The van der Waals surface area contributed by atoms with Gasteiger partial charge in [0.05, 0.1) is 53.2 Å². The minimum absolute atomic E-state index is 0.179. The molecular weight excluding hydrogens is 316 g/mol. The van der Waals surface area contributed by atoms with E-state index in [0.717, 1.165) is 5.56 Å². The molecule has 3 rings (SSSR count). The Labute approximate surface area is 139 Å². The Bertz CT molecular complexity index is 662. The molecule has 0 aliphatic carbocycles. The van der Waals surface area contributed by atoms with Crippen LogP contribution in [0.15, 0.2) is 12.1 Å². The lowest BCUT2D eigenvalue weighted by Crippen LogP contribution is -2.62. The summed E-state index contributed by atoms with van der Waals surface area (Å²) in [6, 6.07) is 3.09. The highest BCUT2D eigenvalue weighted by Gasteiger charge is 2.44. The zero-order valence-corrected chi connectivity index (χ0v) is 13.8. The maximum atomic E-state index is 12.3. The quantitative estimate of drug-likeness (QED) is 0.758. The maximum Gasteiger partial charge on any atom is 0.312 e. The molecule has 2 aliphatic heterocycles. The number of carbonyl (C=O) groups excluding carboxylic acids is 2. The molecule has 8 heteroatoms. The van der Waals surface area contributed by atoms with Gasteiger partial charge in [0.15, 0.2) is 11.5 Å². The molecule has 0 saturated carbocycles. The van der Waals surface area contributed by atoms with E-state index >= 15 is 0 Å². The fraction of sp³-hybridized carbons (Fsp3) is 0.500. The van der Waals surface area contributed by atoms with Gasteiger partial charge in [0.25, 0.3) is 0 Å². The lowest BCUT2D eigenvalue weighted by atomic mass is 10.0. The van der Waals surface area contributed by atoms with Crippen molar-refractivity contribution in [1.29, 1.82) is 0 Å². The van der Waals surface area contributed by atoms with Gasteiger partial charge in [0.1, 0.15) is 5.75 Å². The van der Waals surface area contributed by atoms with Crippen LogP contribution in [0.5, 0.6) is 17.2 Å². The minimum Gasteiger partial charge on any atom is -0.496 e. The molecule has 2 fully saturated rings. The first kappa shape index (κ1) is 16.4. The largest absolute Gasteiger partial charge is 0.496 e. The molecule has 1 N–H and O–H groups in total. The van der Waals surface area contributed by atoms with Crippen molar-refractivity contribution in [1.82, 2.24) is 10.2 Å². The van der Waals surface area contributed by atoms with Gasteiger partial charge in [-0.05, 0) is 6.07 Å². The molecule has 2 heterocycles. The summed E-state index contributed by atoms with van der Waals surface area (Å²) in [6.45, 7) is 1.02. The number of nitrogens with one attached hydrogen (secondary N) is 1. The van der Waals surface area contributed by atoms with Gasteiger partial charge in [0.2, 0.25) is 0 Å². The van der Waals surface area contributed by atoms with Crippen LogP contribution in [0.2, 0.25) is 0 Å². The van der Waals surface area contributed by atoms with Gasteiger partial charge in [0, 0.05) is 11.6 Å². The molecule has 0 radical (unpaired) electrons. The zero-order chi connectivity index (χ0) is 17.3. The van der Waals surface area contributed by atoms with Gasteiger partial charge < -0.3 is 29.2 Å². The first-order valence-corrected chi connectivity index (χ1v) is 7.57. The van der Waals surface area contributed by atoms with E-state index in [2.05, 4.69) is 5.32 Å². The summed E-state index contributed by atoms with van der Waals surface area (Å²) in [4.78, 5) is 25.7. The Morgan fingerprint density at radius 2 is 1.75 bits per heavy atom. The van der Waals surface area contributed by atoms with Crippen molar-refractivity contribution in [3.8, 4) is 17.2 Å². The van der Waals surface area contributed by atoms with Crippen LogP contribution in [0.3, 0.4) is 0 Å². The molecule has 2 aliphatic rings. The van der Waals surface area contributed by atoms with Crippen LogP contribution in [0, 0.1) is 0 Å². The molecule has 2 saturated heterocycles. The van der Waals surface area contributed by atoms with Crippen molar-refractivity contribution in [2.45, 2.75) is 18.6 Å². The highest BCUT2D eigenvalue weighted by Crippen LogP contribution is 2.36. The number of methoxy groups -OCH3 is 3. The highest BCUT2D eigenvalue weighted by atomic mass is 16.5. The summed E-state index contributed by atoms with van der Waals surface area (Å²) in [5.41, 5.74) is 0.726. The molecule has 0 bridgehead atoms. The number of carbonyl (C=O) groups is 2. The molecule has 2 amide bonds. The SMILES string of the molecule is COc1cc(OC)c(OC)cc1CN1C(=O)C(=O)N[C@H]2COC[C@H]21. The van der Waals surface area contributed by atoms with Crippen LogP contribution in [0.25, 0.3) is 0 Å². The van der Waals surface area contributed by atoms with Gasteiger partial charge in [-0.15, -0.1) is 0 Å². The Morgan fingerprint density at radius 3 is 2.42 bits per heavy atom. The minimum atomic E-state index is -0.610. The predicted octanol–water partition coefficient (Wildman–Crippen LogP) is -0.0618. The van der Waals surface area contributed by atoms with Gasteiger partial charge in [-0.2, -0.15) is 0 Å². The third kappa shape index (κ3) is 2.73. The van der Waals surface area contributed by atoms with Crippen LogP contribution >= 0.6 is 0 Å². The van der Waals surface area contributed by atoms with Gasteiger partial charge in [-0.1, -0.05) is 0 Å².